The Kier molecular flexibility index (Phi) is 7.75. The van der Waals surface area contributed by atoms with E-state index in [1.807, 2.05) is 13.0 Å². The highest BCUT2D eigenvalue weighted by Gasteiger charge is 2.16. The Morgan fingerprint density at radius 3 is 2.21 bits per heavy atom. The number of ether oxygens (including phenoxy) is 4. The first kappa shape index (κ1) is 21.9. The van der Waals surface area contributed by atoms with Gasteiger partial charge >= 0.3 is 0 Å². The zero-order valence-corrected chi connectivity index (χ0v) is 17.3. The van der Waals surface area contributed by atoms with Crippen molar-refractivity contribution in [1.29, 1.82) is 5.26 Å². The highest BCUT2D eigenvalue weighted by Crippen LogP contribution is 2.39. The number of amides is 1. The predicted octanol–water partition coefficient (Wildman–Crippen LogP) is 4.31. The highest BCUT2D eigenvalue weighted by molar-refractivity contribution is 6.32. The van der Waals surface area contributed by atoms with Crippen molar-refractivity contribution in [2.24, 2.45) is 0 Å². The van der Waals surface area contributed by atoms with Crippen LogP contribution in [0.5, 0.6) is 23.0 Å². The second-order valence-electron chi connectivity index (χ2n) is 5.66. The molecule has 0 aliphatic heterocycles. The van der Waals surface area contributed by atoms with Gasteiger partial charge in [-0.25, -0.2) is 0 Å². The zero-order valence-electron chi connectivity index (χ0n) is 16.5. The fourth-order valence-corrected chi connectivity index (χ4v) is 2.79. The van der Waals surface area contributed by atoms with Crippen LogP contribution >= 0.6 is 11.6 Å². The SMILES string of the molecule is CCOc1c(OC)cc(/C=C(/C#N)C(=O)Nc2ccc(OC)c(Cl)c2)cc1OC. The topological polar surface area (TPSA) is 89.8 Å². The van der Waals surface area contributed by atoms with Gasteiger partial charge in [0.05, 0.1) is 33.0 Å². The lowest BCUT2D eigenvalue weighted by Gasteiger charge is -2.14. The van der Waals surface area contributed by atoms with E-state index in [-0.39, 0.29) is 5.57 Å². The summed E-state index contributed by atoms with van der Waals surface area (Å²) in [5, 5.41) is 12.4. The predicted molar refractivity (Wildman–Crippen MR) is 111 cm³/mol. The Hall–Kier alpha value is -3.37. The third kappa shape index (κ3) is 5.33. The number of nitrogens with one attached hydrogen (secondary N) is 1. The molecule has 1 amide bonds. The van der Waals surface area contributed by atoms with E-state index in [9.17, 15) is 10.1 Å². The van der Waals surface area contributed by atoms with Gasteiger partial charge < -0.3 is 24.3 Å². The first-order chi connectivity index (χ1) is 14.0. The van der Waals surface area contributed by atoms with Gasteiger partial charge in [-0.3, -0.25) is 4.79 Å². The number of carbonyl (C=O) groups excluding carboxylic acids is 1. The number of nitrogens with zero attached hydrogens (tertiary/aromatic N) is 1. The monoisotopic (exact) mass is 416 g/mol. The molecule has 0 aliphatic rings. The molecule has 0 aliphatic carbocycles. The standard InChI is InChI=1S/C21H21ClN2O5/c1-5-29-20-18(27-3)9-13(10-19(20)28-4)8-14(12-23)21(25)24-15-6-7-17(26-2)16(22)11-15/h6-11H,5H2,1-4H3,(H,24,25)/b14-8-. The number of hydrogen-bond donors (Lipinski definition) is 1. The molecule has 2 aromatic carbocycles. The van der Waals surface area contributed by atoms with Crippen LogP contribution in [0, 0.1) is 11.3 Å². The van der Waals surface area contributed by atoms with E-state index in [0.717, 1.165) is 0 Å². The summed E-state index contributed by atoms with van der Waals surface area (Å²) >= 11 is 6.07. The molecule has 0 bridgehead atoms. The number of carbonyl (C=O) groups is 1. The van der Waals surface area contributed by atoms with Crippen molar-refractivity contribution in [3.63, 3.8) is 0 Å². The fourth-order valence-electron chi connectivity index (χ4n) is 2.53. The van der Waals surface area contributed by atoms with Crippen LogP contribution in [0.4, 0.5) is 5.69 Å². The van der Waals surface area contributed by atoms with E-state index in [1.165, 1.54) is 33.5 Å². The number of nitriles is 1. The van der Waals surface area contributed by atoms with Gasteiger partial charge in [-0.2, -0.15) is 5.26 Å². The molecule has 0 saturated carbocycles. The summed E-state index contributed by atoms with van der Waals surface area (Å²) in [4.78, 5) is 12.5. The minimum atomic E-state index is -0.583. The summed E-state index contributed by atoms with van der Waals surface area (Å²) in [6.07, 6.45) is 1.43. The second kappa shape index (κ2) is 10.2. The third-order valence-electron chi connectivity index (χ3n) is 3.86. The van der Waals surface area contributed by atoms with Crippen LogP contribution in [-0.4, -0.2) is 33.8 Å². The van der Waals surface area contributed by atoms with Crippen LogP contribution in [-0.2, 0) is 4.79 Å². The molecule has 0 atom stereocenters. The molecule has 152 valence electrons. The molecule has 7 nitrogen and oxygen atoms in total. The zero-order chi connectivity index (χ0) is 21.4. The molecular weight excluding hydrogens is 396 g/mol. The van der Waals surface area contributed by atoms with E-state index in [0.29, 0.717) is 45.9 Å². The molecule has 0 radical (unpaired) electrons. The molecule has 0 spiro atoms. The van der Waals surface area contributed by atoms with Gasteiger partial charge in [0.1, 0.15) is 17.4 Å². The van der Waals surface area contributed by atoms with Crippen molar-refractivity contribution in [2.45, 2.75) is 6.92 Å². The Balaban J connectivity index is 2.34. The lowest BCUT2D eigenvalue weighted by atomic mass is 10.1. The van der Waals surface area contributed by atoms with Gasteiger partial charge in [0.2, 0.25) is 5.75 Å². The molecule has 0 unspecified atom stereocenters. The van der Waals surface area contributed by atoms with Crippen LogP contribution in [0.15, 0.2) is 35.9 Å². The maximum absolute atomic E-state index is 12.5. The Morgan fingerprint density at radius 2 is 1.72 bits per heavy atom. The van der Waals surface area contributed by atoms with E-state index in [1.54, 1.807) is 24.3 Å². The van der Waals surface area contributed by atoms with Gasteiger partial charge in [-0.15, -0.1) is 0 Å². The molecule has 29 heavy (non-hydrogen) atoms. The van der Waals surface area contributed by atoms with Crippen molar-refractivity contribution in [3.05, 3.63) is 46.5 Å². The van der Waals surface area contributed by atoms with Crippen molar-refractivity contribution in [3.8, 4) is 29.1 Å². The molecule has 0 heterocycles. The first-order valence-corrected chi connectivity index (χ1v) is 9.00. The molecule has 0 fully saturated rings. The molecule has 2 aromatic rings. The summed E-state index contributed by atoms with van der Waals surface area (Å²) in [5.41, 5.74) is 0.871. The maximum atomic E-state index is 12.5. The summed E-state index contributed by atoms with van der Waals surface area (Å²) in [7, 11) is 4.49. The average Bonchev–Trinajstić information content (AvgIpc) is 2.72. The molecule has 0 aromatic heterocycles. The average molecular weight is 417 g/mol. The largest absolute Gasteiger partial charge is 0.495 e. The second-order valence-corrected chi connectivity index (χ2v) is 6.07. The summed E-state index contributed by atoms with van der Waals surface area (Å²) in [5.74, 6) is 1.20. The molecule has 2 rings (SSSR count). The quantitative estimate of drug-likeness (QED) is 0.509. The van der Waals surface area contributed by atoms with Crippen LogP contribution in [0.2, 0.25) is 5.02 Å². The number of anilines is 1. The molecular formula is C21H21ClN2O5. The first-order valence-electron chi connectivity index (χ1n) is 8.62. The van der Waals surface area contributed by atoms with Gasteiger partial charge in [0.15, 0.2) is 11.5 Å². The number of hydrogen-bond acceptors (Lipinski definition) is 6. The van der Waals surface area contributed by atoms with E-state index in [2.05, 4.69) is 5.32 Å². The summed E-state index contributed by atoms with van der Waals surface area (Å²) < 4.78 is 21.3. The van der Waals surface area contributed by atoms with E-state index < -0.39 is 5.91 Å². The lowest BCUT2D eigenvalue weighted by Crippen LogP contribution is -2.13. The molecule has 8 heteroatoms. The number of benzene rings is 2. The maximum Gasteiger partial charge on any atom is 0.266 e. The third-order valence-corrected chi connectivity index (χ3v) is 4.15. The van der Waals surface area contributed by atoms with Gasteiger partial charge in [-0.05, 0) is 48.9 Å². The van der Waals surface area contributed by atoms with Crippen LogP contribution < -0.4 is 24.3 Å². The Morgan fingerprint density at radius 1 is 1.10 bits per heavy atom. The van der Waals surface area contributed by atoms with Gasteiger partial charge in [-0.1, -0.05) is 11.6 Å². The van der Waals surface area contributed by atoms with Crippen LogP contribution in [0.25, 0.3) is 6.08 Å². The summed E-state index contributed by atoms with van der Waals surface area (Å²) in [6, 6.07) is 10.00. The van der Waals surface area contributed by atoms with E-state index >= 15 is 0 Å². The fraction of sp³-hybridized carbons (Fsp3) is 0.238. The minimum absolute atomic E-state index is 0.106. The van der Waals surface area contributed by atoms with Crippen molar-refractivity contribution < 1.29 is 23.7 Å². The molecule has 1 N–H and O–H groups in total. The molecule has 0 saturated heterocycles. The van der Waals surface area contributed by atoms with Gasteiger partial charge in [0, 0.05) is 5.69 Å². The Bertz CT molecular complexity index is 941. The van der Waals surface area contributed by atoms with Gasteiger partial charge in [0.25, 0.3) is 5.91 Å². The Labute approximate surface area is 174 Å². The lowest BCUT2D eigenvalue weighted by molar-refractivity contribution is -0.112. The minimum Gasteiger partial charge on any atom is -0.495 e. The number of halogens is 1. The summed E-state index contributed by atoms with van der Waals surface area (Å²) in [6.45, 7) is 2.27. The van der Waals surface area contributed by atoms with E-state index in [4.69, 9.17) is 30.5 Å². The smallest absolute Gasteiger partial charge is 0.266 e. The number of rotatable bonds is 8. The normalized spacial score (nSPS) is 10.7. The highest BCUT2D eigenvalue weighted by atomic mass is 35.5. The van der Waals surface area contributed by atoms with Crippen LogP contribution in [0.1, 0.15) is 12.5 Å². The number of methoxy groups -OCH3 is 3. The van der Waals surface area contributed by atoms with Crippen molar-refractivity contribution in [2.75, 3.05) is 33.3 Å². The van der Waals surface area contributed by atoms with Crippen molar-refractivity contribution in [1.82, 2.24) is 0 Å². The van der Waals surface area contributed by atoms with Crippen molar-refractivity contribution >= 4 is 29.3 Å². The van der Waals surface area contributed by atoms with Crippen LogP contribution in [0.3, 0.4) is 0 Å².